The van der Waals surface area contributed by atoms with Crippen molar-refractivity contribution in [2.75, 3.05) is 24.6 Å². The van der Waals surface area contributed by atoms with E-state index in [1.807, 2.05) is 79.7 Å². The lowest BCUT2D eigenvalue weighted by Crippen LogP contribution is -2.36. The number of rotatable bonds is 9. The maximum Gasteiger partial charge on any atom is 0.325 e. The number of hydrogen-bond donors (Lipinski definition) is 1. The number of benzene rings is 4. The number of esters is 1. The minimum absolute atomic E-state index is 0.345. The zero-order valence-electron chi connectivity index (χ0n) is 19.8. The molecule has 1 N–H and O–H groups in total. The lowest BCUT2D eigenvalue weighted by atomic mass is 10.1. The van der Waals surface area contributed by atoms with Crippen molar-refractivity contribution in [1.82, 2.24) is 5.32 Å². The number of fused-ring (bicyclic) bond motifs is 1. The molecule has 0 bridgehead atoms. The SMILES string of the molecule is CCN(C(=O)COC(=O)CNC(=O)c1ccc(Oc2ccccc2)cc1)c1cccc2ccccc12. The topological polar surface area (TPSA) is 84.9 Å². The third-order valence-corrected chi connectivity index (χ3v) is 5.52. The van der Waals surface area contributed by atoms with E-state index in [-0.39, 0.29) is 12.5 Å². The van der Waals surface area contributed by atoms with Crippen LogP contribution in [0.25, 0.3) is 10.8 Å². The van der Waals surface area contributed by atoms with E-state index in [0.717, 1.165) is 16.5 Å². The molecule has 0 aromatic heterocycles. The number of amides is 2. The highest BCUT2D eigenvalue weighted by Crippen LogP contribution is 2.26. The summed E-state index contributed by atoms with van der Waals surface area (Å²) in [6.45, 7) is 1.51. The molecule has 7 nitrogen and oxygen atoms in total. The summed E-state index contributed by atoms with van der Waals surface area (Å²) in [5, 5.41) is 4.46. The lowest BCUT2D eigenvalue weighted by molar-refractivity contribution is -0.146. The van der Waals surface area contributed by atoms with Gasteiger partial charge in [0.15, 0.2) is 6.61 Å². The first-order valence-electron chi connectivity index (χ1n) is 11.6. The van der Waals surface area contributed by atoms with Gasteiger partial charge in [-0.05, 0) is 54.8 Å². The molecule has 0 saturated heterocycles. The Hall–Kier alpha value is -4.65. The van der Waals surface area contributed by atoms with E-state index in [1.54, 1.807) is 29.2 Å². The monoisotopic (exact) mass is 482 g/mol. The number of nitrogens with one attached hydrogen (secondary N) is 1. The number of ether oxygens (including phenoxy) is 2. The number of likely N-dealkylation sites (N-methyl/N-ethyl adjacent to an activating group) is 1. The molecule has 0 heterocycles. The van der Waals surface area contributed by atoms with Crippen LogP contribution in [0.15, 0.2) is 97.1 Å². The van der Waals surface area contributed by atoms with E-state index in [0.29, 0.717) is 23.6 Å². The molecule has 0 fully saturated rings. The van der Waals surface area contributed by atoms with Crippen LogP contribution < -0.4 is 15.0 Å². The molecule has 7 heteroatoms. The molecule has 0 aliphatic heterocycles. The summed E-state index contributed by atoms with van der Waals surface area (Å²) in [7, 11) is 0. The van der Waals surface area contributed by atoms with Gasteiger partial charge in [-0.15, -0.1) is 0 Å². The Kier molecular flexibility index (Phi) is 7.93. The fourth-order valence-corrected chi connectivity index (χ4v) is 3.75. The predicted molar refractivity (Wildman–Crippen MR) is 138 cm³/mol. The van der Waals surface area contributed by atoms with E-state index < -0.39 is 18.5 Å². The van der Waals surface area contributed by atoms with Gasteiger partial charge in [0.25, 0.3) is 11.8 Å². The van der Waals surface area contributed by atoms with Crippen LogP contribution in [-0.2, 0) is 14.3 Å². The van der Waals surface area contributed by atoms with Crippen LogP contribution in [0, 0.1) is 0 Å². The second-order valence-corrected chi connectivity index (χ2v) is 7.92. The lowest BCUT2D eigenvalue weighted by Gasteiger charge is -2.22. The smallest absolute Gasteiger partial charge is 0.325 e. The Morgan fingerprint density at radius 1 is 0.778 bits per heavy atom. The largest absolute Gasteiger partial charge is 0.457 e. The Labute approximate surface area is 209 Å². The summed E-state index contributed by atoms with van der Waals surface area (Å²) in [5.74, 6) is -0.204. The molecular weight excluding hydrogens is 456 g/mol. The van der Waals surface area contributed by atoms with Crippen molar-refractivity contribution in [3.05, 3.63) is 103 Å². The zero-order chi connectivity index (χ0) is 25.3. The van der Waals surface area contributed by atoms with Crippen molar-refractivity contribution in [3.63, 3.8) is 0 Å². The van der Waals surface area contributed by atoms with Crippen LogP contribution >= 0.6 is 0 Å². The highest BCUT2D eigenvalue weighted by atomic mass is 16.5. The van der Waals surface area contributed by atoms with Gasteiger partial charge < -0.3 is 19.7 Å². The van der Waals surface area contributed by atoms with Crippen molar-refractivity contribution in [3.8, 4) is 11.5 Å². The summed E-state index contributed by atoms with van der Waals surface area (Å²) in [5.41, 5.74) is 1.12. The van der Waals surface area contributed by atoms with Crippen molar-refractivity contribution >= 4 is 34.2 Å². The quantitative estimate of drug-likeness (QED) is 0.341. The normalized spacial score (nSPS) is 10.5. The third kappa shape index (κ3) is 6.07. The van der Waals surface area contributed by atoms with Crippen molar-refractivity contribution in [1.29, 1.82) is 0 Å². The van der Waals surface area contributed by atoms with Gasteiger partial charge in [0.1, 0.15) is 18.0 Å². The van der Waals surface area contributed by atoms with E-state index in [1.165, 1.54) is 0 Å². The van der Waals surface area contributed by atoms with Crippen molar-refractivity contribution in [2.45, 2.75) is 6.92 Å². The van der Waals surface area contributed by atoms with Crippen molar-refractivity contribution in [2.24, 2.45) is 0 Å². The zero-order valence-corrected chi connectivity index (χ0v) is 19.8. The number of para-hydroxylation sites is 1. The second kappa shape index (κ2) is 11.7. The second-order valence-electron chi connectivity index (χ2n) is 7.92. The molecule has 0 aliphatic rings. The number of hydrogen-bond acceptors (Lipinski definition) is 5. The van der Waals surface area contributed by atoms with Crippen LogP contribution in [-0.4, -0.2) is 37.5 Å². The van der Waals surface area contributed by atoms with Gasteiger partial charge in [0.05, 0.1) is 5.69 Å². The minimum Gasteiger partial charge on any atom is -0.457 e. The first-order valence-corrected chi connectivity index (χ1v) is 11.6. The van der Waals surface area contributed by atoms with Gasteiger partial charge in [-0.2, -0.15) is 0 Å². The molecule has 2 amide bonds. The van der Waals surface area contributed by atoms with Gasteiger partial charge in [0, 0.05) is 17.5 Å². The number of nitrogens with zero attached hydrogens (tertiary/aromatic N) is 1. The molecule has 0 aliphatic carbocycles. The molecular formula is C29H26N2O5. The fourth-order valence-electron chi connectivity index (χ4n) is 3.75. The molecule has 4 aromatic carbocycles. The van der Waals surface area contributed by atoms with Gasteiger partial charge in [-0.1, -0.05) is 54.6 Å². The van der Waals surface area contributed by atoms with E-state index in [4.69, 9.17) is 9.47 Å². The number of anilines is 1. The number of carbonyl (C=O) groups is 3. The van der Waals surface area contributed by atoms with Crippen LogP contribution in [0.1, 0.15) is 17.3 Å². The summed E-state index contributed by atoms with van der Waals surface area (Å²) < 4.78 is 10.8. The first-order chi connectivity index (χ1) is 17.5. The molecule has 36 heavy (non-hydrogen) atoms. The Bertz CT molecular complexity index is 1350. The molecule has 4 rings (SSSR count). The van der Waals surface area contributed by atoms with Gasteiger partial charge in [-0.25, -0.2) is 0 Å². The van der Waals surface area contributed by atoms with Gasteiger partial charge in [-0.3, -0.25) is 14.4 Å². The summed E-state index contributed by atoms with van der Waals surface area (Å²) in [4.78, 5) is 38.9. The maximum atomic E-state index is 12.8. The highest BCUT2D eigenvalue weighted by Gasteiger charge is 2.18. The first kappa shape index (κ1) is 24.5. The summed E-state index contributed by atoms with van der Waals surface area (Å²) in [6.07, 6.45) is 0. The van der Waals surface area contributed by atoms with Gasteiger partial charge >= 0.3 is 5.97 Å². The standard InChI is InChI=1S/C29H26N2O5/c1-2-31(26-14-8-10-21-9-6-7-13-25(21)26)27(32)20-35-28(33)19-30-29(34)22-15-17-24(18-16-22)36-23-11-4-3-5-12-23/h3-18H,2,19-20H2,1H3,(H,30,34). The Morgan fingerprint density at radius 3 is 2.19 bits per heavy atom. The number of carbonyl (C=O) groups excluding carboxylic acids is 3. The molecule has 0 radical (unpaired) electrons. The van der Waals surface area contributed by atoms with Crippen LogP contribution in [0.2, 0.25) is 0 Å². The van der Waals surface area contributed by atoms with Crippen molar-refractivity contribution < 1.29 is 23.9 Å². The average molecular weight is 483 g/mol. The molecule has 0 unspecified atom stereocenters. The fraction of sp³-hybridized carbons (Fsp3) is 0.138. The molecule has 0 atom stereocenters. The molecule has 0 saturated carbocycles. The molecule has 0 spiro atoms. The molecule has 182 valence electrons. The molecule has 4 aromatic rings. The van der Waals surface area contributed by atoms with E-state index in [2.05, 4.69) is 5.32 Å². The summed E-state index contributed by atoms with van der Waals surface area (Å²) >= 11 is 0. The van der Waals surface area contributed by atoms with Crippen LogP contribution in [0.3, 0.4) is 0 Å². The highest BCUT2D eigenvalue weighted by molar-refractivity contribution is 6.04. The summed E-state index contributed by atoms with van der Waals surface area (Å²) in [6, 6.07) is 29.3. The minimum atomic E-state index is -0.699. The Morgan fingerprint density at radius 2 is 1.44 bits per heavy atom. The van der Waals surface area contributed by atoms with Crippen LogP contribution in [0.5, 0.6) is 11.5 Å². The maximum absolute atomic E-state index is 12.8. The Balaban J connectivity index is 1.27. The van der Waals surface area contributed by atoms with Gasteiger partial charge in [0.2, 0.25) is 0 Å². The van der Waals surface area contributed by atoms with Crippen LogP contribution in [0.4, 0.5) is 5.69 Å². The van der Waals surface area contributed by atoms with E-state index in [9.17, 15) is 14.4 Å². The van der Waals surface area contributed by atoms with E-state index >= 15 is 0 Å². The average Bonchev–Trinajstić information content (AvgIpc) is 2.92. The predicted octanol–water partition coefficient (Wildman–Crippen LogP) is 4.96. The third-order valence-electron chi connectivity index (χ3n) is 5.52.